The summed E-state index contributed by atoms with van der Waals surface area (Å²) >= 11 is 0. The quantitative estimate of drug-likeness (QED) is 0.560. The highest BCUT2D eigenvalue weighted by atomic mass is 16.5. The fourth-order valence-electron chi connectivity index (χ4n) is 3.75. The van der Waals surface area contributed by atoms with Crippen LogP contribution in [0.1, 0.15) is 32.3 Å². The van der Waals surface area contributed by atoms with Gasteiger partial charge in [0.2, 0.25) is 0 Å². The second-order valence-corrected chi connectivity index (χ2v) is 7.42. The van der Waals surface area contributed by atoms with Gasteiger partial charge in [-0.2, -0.15) is 5.26 Å². The molecule has 1 aromatic heterocycles. The maximum Gasteiger partial charge on any atom is 0.411 e. The molecule has 1 aliphatic carbocycles. The van der Waals surface area contributed by atoms with Crippen LogP contribution in [0.3, 0.4) is 0 Å². The zero-order valence-corrected chi connectivity index (χ0v) is 17.3. The number of amides is 1. The van der Waals surface area contributed by atoms with E-state index in [4.69, 9.17) is 9.47 Å². The molecule has 6 heteroatoms. The van der Waals surface area contributed by atoms with Gasteiger partial charge in [0.15, 0.2) is 0 Å². The predicted molar refractivity (Wildman–Crippen MR) is 117 cm³/mol. The zero-order valence-electron chi connectivity index (χ0n) is 17.3. The lowest BCUT2D eigenvalue weighted by molar-refractivity contribution is 0.168. The second-order valence-electron chi connectivity index (χ2n) is 7.42. The van der Waals surface area contributed by atoms with Crippen LogP contribution in [0.4, 0.5) is 10.5 Å². The van der Waals surface area contributed by atoms with E-state index in [1.807, 2.05) is 49.4 Å². The first-order valence-corrected chi connectivity index (χ1v) is 10.4. The fraction of sp³-hybridized carbons (Fsp3) is 0.333. The Morgan fingerprint density at radius 3 is 2.57 bits per heavy atom. The van der Waals surface area contributed by atoms with Crippen molar-refractivity contribution in [3.8, 4) is 23.1 Å². The molecule has 2 aromatic carbocycles. The van der Waals surface area contributed by atoms with Crippen LogP contribution in [0.25, 0.3) is 22.2 Å². The lowest BCUT2D eigenvalue weighted by Gasteiger charge is -2.12. The van der Waals surface area contributed by atoms with Crippen LogP contribution in [0.15, 0.2) is 42.5 Å². The number of carbonyl (C=O) groups excluding carboxylic acids is 1. The Bertz CT molecular complexity index is 1110. The molecule has 0 spiro atoms. The van der Waals surface area contributed by atoms with Crippen molar-refractivity contribution in [2.45, 2.75) is 33.2 Å². The number of hydrogen-bond acceptors (Lipinski definition) is 4. The molecular formula is C24H25N3O3. The molecule has 1 saturated carbocycles. The van der Waals surface area contributed by atoms with Gasteiger partial charge in [0.1, 0.15) is 11.8 Å². The van der Waals surface area contributed by atoms with Crippen molar-refractivity contribution in [2.75, 3.05) is 18.5 Å². The number of anilines is 1. The first-order valence-electron chi connectivity index (χ1n) is 10.4. The van der Waals surface area contributed by atoms with E-state index in [-0.39, 0.29) is 0 Å². The number of fused-ring (bicyclic) bond motifs is 1. The third-order valence-electron chi connectivity index (χ3n) is 5.28. The van der Waals surface area contributed by atoms with Gasteiger partial charge >= 0.3 is 6.09 Å². The van der Waals surface area contributed by atoms with E-state index >= 15 is 0 Å². The third kappa shape index (κ3) is 3.97. The minimum Gasteiger partial charge on any atom is -0.494 e. The van der Waals surface area contributed by atoms with Gasteiger partial charge in [-0.05, 0) is 68.5 Å². The van der Waals surface area contributed by atoms with Gasteiger partial charge in [-0.15, -0.1) is 0 Å². The predicted octanol–water partition coefficient (Wildman–Crippen LogP) is 5.56. The van der Waals surface area contributed by atoms with Gasteiger partial charge in [-0.25, -0.2) is 4.79 Å². The van der Waals surface area contributed by atoms with E-state index < -0.39 is 6.09 Å². The second kappa shape index (κ2) is 8.50. The number of nitrogens with one attached hydrogen (secondary N) is 1. The SMILES string of the molecule is CCOC(=O)Nc1ccc(-c2c(C#N)c3cc(OCC)ccc3n2CC2CC2)cc1. The smallest absolute Gasteiger partial charge is 0.411 e. The van der Waals surface area contributed by atoms with Crippen LogP contribution in [0.2, 0.25) is 0 Å². The molecule has 0 radical (unpaired) electrons. The fourth-order valence-corrected chi connectivity index (χ4v) is 3.75. The van der Waals surface area contributed by atoms with Crippen molar-refractivity contribution in [3.05, 3.63) is 48.0 Å². The first-order chi connectivity index (χ1) is 14.6. The summed E-state index contributed by atoms with van der Waals surface area (Å²) in [6, 6.07) is 15.9. The highest BCUT2D eigenvalue weighted by Crippen LogP contribution is 2.39. The maximum atomic E-state index is 11.7. The number of carbonyl (C=O) groups is 1. The summed E-state index contributed by atoms with van der Waals surface area (Å²) in [5.41, 5.74) is 4.20. The van der Waals surface area contributed by atoms with E-state index in [1.54, 1.807) is 6.92 Å². The summed E-state index contributed by atoms with van der Waals surface area (Å²) in [7, 11) is 0. The molecule has 1 amide bonds. The van der Waals surface area contributed by atoms with Gasteiger partial charge in [0.25, 0.3) is 0 Å². The molecular weight excluding hydrogens is 378 g/mol. The maximum absolute atomic E-state index is 11.7. The lowest BCUT2D eigenvalue weighted by Crippen LogP contribution is -2.13. The van der Waals surface area contributed by atoms with Crippen molar-refractivity contribution in [1.82, 2.24) is 4.57 Å². The van der Waals surface area contributed by atoms with E-state index in [0.29, 0.717) is 30.4 Å². The Morgan fingerprint density at radius 2 is 1.93 bits per heavy atom. The standard InChI is InChI=1S/C24H25N3O3/c1-3-29-19-11-12-22-20(13-19)21(14-25)23(27(22)15-16-5-6-16)17-7-9-18(10-8-17)26-24(28)30-4-2/h7-13,16H,3-6,15H2,1-2H3,(H,26,28). The minimum atomic E-state index is -0.478. The third-order valence-corrected chi connectivity index (χ3v) is 5.28. The monoisotopic (exact) mass is 403 g/mol. The summed E-state index contributed by atoms with van der Waals surface area (Å²) in [5.74, 6) is 1.42. The number of ether oxygens (including phenoxy) is 2. The van der Waals surface area contributed by atoms with Gasteiger partial charge in [0, 0.05) is 17.6 Å². The lowest BCUT2D eigenvalue weighted by atomic mass is 10.1. The number of benzene rings is 2. The van der Waals surface area contributed by atoms with Crippen LogP contribution in [0.5, 0.6) is 5.75 Å². The number of nitrogens with zero attached hydrogens (tertiary/aromatic N) is 2. The molecule has 0 saturated heterocycles. The Labute approximate surface area is 176 Å². The Balaban J connectivity index is 1.78. The molecule has 0 atom stereocenters. The number of rotatable bonds is 7. The van der Waals surface area contributed by atoms with Crippen LogP contribution < -0.4 is 10.1 Å². The molecule has 1 N–H and O–H groups in total. The summed E-state index contributed by atoms with van der Waals surface area (Å²) in [6.07, 6.45) is 1.97. The molecule has 1 fully saturated rings. The summed E-state index contributed by atoms with van der Waals surface area (Å²) < 4.78 is 12.9. The van der Waals surface area contributed by atoms with Gasteiger partial charge in [0.05, 0.1) is 30.0 Å². The van der Waals surface area contributed by atoms with Crippen molar-refractivity contribution in [2.24, 2.45) is 5.92 Å². The van der Waals surface area contributed by atoms with E-state index in [2.05, 4.69) is 16.0 Å². The summed E-state index contributed by atoms with van der Waals surface area (Å²) in [5, 5.41) is 13.6. The minimum absolute atomic E-state index is 0.320. The van der Waals surface area contributed by atoms with Crippen molar-refractivity contribution >= 4 is 22.7 Å². The summed E-state index contributed by atoms with van der Waals surface area (Å²) in [4.78, 5) is 11.7. The van der Waals surface area contributed by atoms with Gasteiger partial charge < -0.3 is 14.0 Å². The van der Waals surface area contributed by atoms with Gasteiger partial charge in [-0.1, -0.05) is 12.1 Å². The molecule has 3 aromatic rings. The van der Waals surface area contributed by atoms with Crippen LogP contribution in [-0.4, -0.2) is 23.9 Å². The number of aromatic nitrogens is 1. The molecule has 0 unspecified atom stereocenters. The van der Waals surface area contributed by atoms with E-state index in [9.17, 15) is 10.1 Å². The van der Waals surface area contributed by atoms with Crippen LogP contribution >= 0.6 is 0 Å². The Hall–Kier alpha value is -3.46. The van der Waals surface area contributed by atoms with Gasteiger partial charge in [-0.3, -0.25) is 5.32 Å². The molecule has 1 heterocycles. The molecule has 30 heavy (non-hydrogen) atoms. The van der Waals surface area contributed by atoms with Crippen LogP contribution in [-0.2, 0) is 11.3 Å². The molecule has 4 rings (SSSR count). The van der Waals surface area contributed by atoms with Crippen molar-refractivity contribution < 1.29 is 14.3 Å². The highest BCUT2D eigenvalue weighted by Gasteiger charge is 2.26. The average molecular weight is 403 g/mol. The topological polar surface area (TPSA) is 76.3 Å². The largest absolute Gasteiger partial charge is 0.494 e. The normalized spacial score (nSPS) is 13.1. The highest BCUT2D eigenvalue weighted by molar-refractivity contribution is 5.95. The molecule has 0 aliphatic heterocycles. The molecule has 6 nitrogen and oxygen atoms in total. The summed E-state index contributed by atoms with van der Waals surface area (Å²) in [6.45, 7) is 5.51. The Kier molecular flexibility index (Phi) is 5.62. The Morgan fingerprint density at radius 1 is 1.17 bits per heavy atom. The van der Waals surface area contributed by atoms with Crippen molar-refractivity contribution in [3.63, 3.8) is 0 Å². The first kappa shape index (κ1) is 19.8. The molecule has 154 valence electrons. The number of hydrogen-bond donors (Lipinski definition) is 1. The number of nitriles is 1. The van der Waals surface area contributed by atoms with Crippen LogP contribution in [0, 0.1) is 17.2 Å². The average Bonchev–Trinajstić information content (AvgIpc) is 3.51. The van der Waals surface area contributed by atoms with Crippen molar-refractivity contribution in [1.29, 1.82) is 5.26 Å². The van der Waals surface area contributed by atoms with E-state index in [0.717, 1.165) is 34.5 Å². The zero-order chi connectivity index (χ0) is 21.1. The van der Waals surface area contributed by atoms with E-state index in [1.165, 1.54) is 12.8 Å². The molecule has 0 bridgehead atoms. The molecule has 1 aliphatic rings.